The van der Waals surface area contributed by atoms with Crippen molar-refractivity contribution in [3.05, 3.63) is 71.8 Å². The maximum atomic E-state index is 14.4. The number of hydrogen-bond acceptors (Lipinski definition) is 5. The lowest BCUT2D eigenvalue weighted by Crippen LogP contribution is -2.43. The van der Waals surface area contributed by atoms with Crippen molar-refractivity contribution < 1.29 is 32.6 Å². The van der Waals surface area contributed by atoms with Gasteiger partial charge in [0.15, 0.2) is 11.1 Å². The van der Waals surface area contributed by atoms with Gasteiger partial charge in [0.1, 0.15) is 12.7 Å². The highest BCUT2D eigenvalue weighted by Gasteiger charge is 2.60. The predicted octanol–water partition coefficient (Wildman–Crippen LogP) is 3.82. The molecule has 1 fully saturated rings. The fourth-order valence-corrected chi connectivity index (χ4v) is 3.08. The molecule has 1 aliphatic rings. The monoisotopic (exact) mass is 440 g/mol. The van der Waals surface area contributed by atoms with Crippen molar-refractivity contribution in [2.75, 3.05) is 6.61 Å². The number of ether oxygens (including phenoxy) is 3. The summed E-state index contributed by atoms with van der Waals surface area (Å²) in [6, 6.07) is 15.9. The highest BCUT2D eigenvalue weighted by atomic mass is 79.9. The molecule has 2 aromatic rings. The van der Waals surface area contributed by atoms with Gasteiger partial charge in [-0.1, -0.05) is 52.3 Å². The fraction of sp³-hybridized carbons (Fsp3) is 0.263. The van der Waals surface area contributed by atoms with E-state index in [4.69, 9.17) is 14.2 Å². The molecule has 27 heavy (non-hydrogen) atoms. The molecule has 0 saturated carbocycles. The SMILES string of the molecule is O=C(OC[C@H]1O[C@H](Br)C(F)(F)[C@@H]1OC(=O)c1ccccc1)c1ccccc1. The number of rotatable bonds is 5. The second-order valence-corrected chi connectivity index (χ2v) is 6.65. The zero-order valence-corrected chi connectivity index (χ0v) is 15.5. The Morgan fingerprint density at radius 3 is 2.04 bits per heavy atom. The summed E-state index contributed by atoms with van der Waals surface area (Å²) < 4.78 is 44.0. The number of carbonyl (C=O) groups excluding carboxylic acids is 2. The second kappa shape index (κ2) is 8.14. The van der Waals surface area contributed by atoms with Crippen molar-refractivity contribution in [1.29, 1.82) is 0 Å². The molecular weight excluding hydrogens is 426 g/mol. The summed E-state index contributed by atoms with van der Waals surface area (Å²) in [6.45, 7) is -0.488. The largest absolute Gasteiger partial charge is 0.459 e. The zero-order valence-electron chi connectivity index (χ0n) is 13.9. The van der Waals surface area contributed by atoms with Crippen LogP contribution in [-0.2, 0) is 14.2 Å². The summed E-state index contributed by atoms with van der Waals surface area (Å²) in [5, 5.41) is -1.67. The van der Waals surface area contributed by atoms with Crippen LogP contribution in [0.25, 0.3) is 0 Å². The van der Waals surface area contributed by atoms with Gasteiger partial charge in [-0.3, -0.25) is 0 Å². The van der Waals surface area contributed by atoms with E-state index in [0.717, 1.165) is 0 Å². The van der Waals surface area contributed by atoms with Gasteiger partial charge < -0.3 is 14.2 Å². The average Bonchev–Trinajstić information content (AvgIpc) is 2.90. The first kappa shape index (κ1) is 19.4. The zero-order chi connectivity index (χ0) is 19.4. The molecule has 0 aromatic heterocycles. The summed E-state index contributed by atoms with van der Waals surface area (Å²) in [4.78, 5) is 24.2. The van der Waals surface area contributed by atoms with E-state index in [9.17, 15) is 18.4 Å². The molecule has 1 saturated heterocycles. The Bertz CT molecular complexity index is 800. The summed E-state index contributed by atoms with van der Waals surface area (Å²) in [5.74, 6) is -5.09. The van der Waals surface area contributed by atoms with E-state index in [-0.39, 0.29) is 11.1 Å². The maximum Gasteiger partial charge on any atom is 0.338 e. The predicted molar refractivity (Wildman–Crippen MR) is 94.9 cm³/mol. The number of alkyl halides is 3. The Morgan fingerprint density at radius 2 is 1.48 bits per heavy atom. The minimum Gasteiger partial charge on any atom is -0.459 e. The van der Waals surface area contributed by atoms with Gasteiger partial charge in [-0.15, -0.1) is 0 Å². The van der Waals surface area contributed by atoms with Gasteiger partial charge in [0, 0.05) is 0 Å². The van der Waals surface area contributed by atoms with Crippen molar-refractivity contribution in [1.82, 2.24) is 0 Å². The molecule has 142 valence electrons. The Hall–Kier alpha value is -2.32. The van der Waals surface area contributed by atoms with Crippen LogP contribution < -0.4 is 0 Å². The van der Waals surface area contributed by atoms with Gasteiger partial charge in [0.2, 0.25) is 0 Å². The smallest absolute Gasteiger partial charge is 0.338 e. The first-order valence-electron chi connectivity index (χ1n) is 8.05. The molecular formula is C19H15BrF2O5. The third-order valence-electron chi connectivity index (χ3n) is 3.95. The summed E-state index contributed by atoms with van der Waals surface area (Å²) in [6.07, 6.45) is -3.22. The highest BCUT2D eigenvalue weighted by molar-refractivity contribution is 9.09. The van der Waals surface area contributed by atoms with E-state index in [0.29, 0.717) is 0 Å². The Morgan fingerprint density at radius 1 is 0.963 bits per heavy atom. The van der Waals surface area contributed by atoms with Crippen molar-refractivity contribution in [2.45, 2.75) is 23.1 Å². The van der Waals surface area contributed by atoms with Crippen LogP contribution in [0, 0.1) is 0 Å². The van der Waals surface area contributed by atoms with Crippen molar-refractivity contribution in [2.24, 2.45) is 0 Å². The molecule has 0 aliphatic carbocycles. The van der Waals surface area contributed by atoms with Crippen LogP contribution in [0.5, 0.6) is 0 Å². The normalized spacial score (nSPS) is 23.6. The van der Waals surface area contributed by atoms with Gasteiger partial charge in [-0.25, -0.2) is 9.59 Å². The lowest BCUT2D eigenvalue weighted by Gasteiger charge is -2.22. The van der Waals surface area contributed by atoms with Crippen LogP contribution in [0.3, 0.4) is 0 Å². The number of esters is 2. The molecule has 1 aliphatic heterocycles. The molecule has 0 radical (unpaired) electrons. The minimum absolute atomic E-state index is 0.131. The summed E-state index contributed by atoms with van der Waals surface area (Å²) in [7, 11) is 0. The van der Waals surface area contributed by atoms with Gasteiger partial charge >= 0.3 is 17.9 Å². The topological polar surface area (TPSA) is 61.8 Å². The molecule has 8 heteroatoms. The maximum absolute atomic E-state index is 14.4. The Labute approximate surface area is 162 Å². The van der Waals surface area contributed by atoms with E-state index < -0.39 is 41.7 Å². The van der Waals surface area contributed by atoms with Crippen LogP contribution in [0.1, 0.15) is 20.7 Å². The molecule has 0 N–H and O–H groups in total. The van der Waals surface area contributed by atoms with Crippen LogP contribution in [0.15, 0.2) is 60.7 Å². The minimum atomic E-state index is -3.49. The Kier molecular flexibility index (Phi) is 5.86. The molecule has 3 atom stereocenters. The highest BCUT2D eigenvalue weighted by Crippen LogP contribution is 2.41. The van der Waals surface area contributed by atoms with Crippen LogP contribution >= 0.6 is 15.9 Å². The molecule has 0 bridgehead atoms. The lowest BCUT2D eigenvalue weighted by atomic mass is 10.1. The number of benzene rings is 2. The molecule has 3 rings (SSSR count). The third kappa shape index (κ3) is 4.33. The number of hydrogen-bond donors (Lipinski definition) is 0. The van der Waals surface area contributed by atoms with Gasteiger partial charge in [-0.2, -0.15) is 8.78 Å². The fourth-order valence-electron chi connectivity index (χ4n) is 2.55. The first-order chi connectivity index (χ1) is 12.9. The van der Waals surface area contributed by atoms with E-state index in [1.807, 2.05) is 0 Å². The van der Waals surface area contributed by atoms with Gasteiger partial charge in [0.25, 0.3) is 0 Å². The lowest BCUT2D eigenvalue weighted by molar-refractivity contribution is -0.0983. The van der Waals surface area contributed by atoms with Crippen molar-refractivity contribution in [3.63, 3.8) is 0 Å². The molecule has 2 aromatic carbocycles. The van der Waals surface area contributed by atoms with E-state index >= 15 is 0 Å². The third-order valence-corrected chi connectivity index (χ3v) is 4.77. The quantitative estimate of drug-likeness (QED) is 0.522. The molecule has 0 amide bonds. The van der Waals surface area contributed by atoms with Gasteiger partial charge in [0.05, 0.1) is 11.1 Å². The molecule has 5 nitrogen and oxygen atoms in total. The van der Waals surface area contributed by atoms with Crippen LogP contribution in [0.4, 0.5) is 8.78 Å². The van der Waals surface area contributed by atoms with E-state index in [2.05, 4.69) is 15.9 Å². The van der Waals surface area contributed by atoms with Crippen LogP contribution in [0.2, 0.25) is 0 Å². The molecule has 0 unspecified atom stereocenters. The average molecular weight is 441 g/mol. The standard InChI is InChI=1S/C19H15BrF2O5/c20-18-19(21,22)15(27-17(24)13-9-5-2-6-10-13)14(26-18)11-25-16(23)12-7-3-1-4-8-12/h1-10,14-15,18H,11H2/t14-,15-,18+/m1/s1. The van der Waals surface area contributed by atoms with Crippen LogP contribution in [-0.4, -0.2) is 41.7 Å². The second-order valence-electron chi connectivity index (χ2n) is 5.82. The molecule has 0 spiro atoms. The molecule has 1 heterocycles. The van der Waals surface area contributed by atoms with Crippen molar-refractivity contribution >= 4 is 27.9 Å². The number of halogens is 3. The van der Waals surface area contributed by atoms with E-state index in [1.54, 1.807) is 36.4 Å². The Balaban J connectivity index is 1.69. The van der Waals surface area contributed by atoms with Crippen molar-refractivity contribution in [3.8, 4) is 0 Å². The number of carbonyl (C=O) groups is 2. The van der Waals surface area contributed by atoms with Gasteiger partial charge in [-0.05, 0) is 24.3 Å². The summed E-state index contributed by atoms with van der Waals surface area (Å²) >= 11 is 2.73. The first-order valence-corrected chi connectivity index (χ1v) is 8.96. The summed E-state index contributed by atoms with van der Waals surface area (Å²) in [5.41, 5.74) is 0.404. The van der Waals surface area contributed by atoms with E-state index in [1.165, 1.54) is 24.3 Å².